The van der Waals surface area contributed by atoms with E-state index in [1.165, 1.54) is 11.8 Å². The lowest BCUT2D eigenvalue weighted by atomic mass is 10.0. The highest BCUT2D eigenvalue weighted by atomic mass is 32.2. The number of nitrogens with zero attached hydrogens (tertiary/aromatic N) is 4. The second-order valence-electron chi connectivity index (χ2n) is 6.73. The number of likely N-dealkylation sites (tertiary alicyclic amines) is 1. The molecule has 1 aromatic carbocycles. The van der Waals surface area contributed by atoms with Crippen LogP contribution < -0.4 is 4.74 Å². The lowest BCUT2D eigenvalue weighted by molar-refractivity contribution is -0.148. The Bertz CT molecular complexity index is 791. The van der Waals surface area contributed by atoms with Gasteiger partial charge in [-0.1, -0.05) is 11.8 Å². The fraction of sp³-hybridized carbons (Fsp3) is 0.526. The molecular formula is C19H24N4O4S. The molecule has 0 spiro atoms. The quantitative estimate of drug-likeness (QED) is 0.683. The second kappa shape index (κ2) is 8.93. The molecule has 2 aliphatic rings. The molecule has 2 saturated heterocycles. The number of carbonyl (C=O) groups is 1. The van der Waals surface area contributed by atoms with Crippen molar-refractivity contribution >= 4 is 17.7 Å². The molecule has 9 heteroatoms. The largest absolute Gasteiger partial charge is 0.497 e. The summed E-state index contributed by atoms with van der Waals surface area (Å²) in [4.78, 5) is 14.8. The van der Waals surface area contributed by atoms with E-state index >= 15 is 0 Å². The van der Waals surface area contributed by atoms with E-state index in [9.17, 15) is 4.79 Å². The molecule has 4 rings (SSSR count). The highest BCUT2D eigenvalue weighted by Crippen LogP contribution is 2.27. The average Bonchev–Trinajstić information content (AvgIpc) is 3.44. The van der Waals surface area contributed by atoms with Crippen molar-refractivity contribution in [3.8, 4) is 11.4 Å². The first kappa shape index (κ1) is 19.2. The van der Waals surface area contributed by atoms with Crippen molar-refractivity contribution < 1.29 is 19.0 Å². The Balaban J connectivity index is 1.41. The molecular weight excluding hydrogens is 380 g/mol. The Morgan fingerprint density at radius 3 is 2.79 bits per heavy atom. The number of ether oxygens (including phenoxy) is 3. The van der Waals surface area contributed by atoms with Crippen molar-refractivity contribution in [3.05, 3.63) is 30.6 Å². The molecule has 1 amide bonds. The van der Waals surface area contributed by atoms with Gasteiger partial charge in [0.1, 0.15) is 12.1 Å². The summed E-state index contributed by atoms with van der Waals surface area (Å²) in [6.07, 6.45) is 4.39. The molecule has 0 aliphatic carbocycles. The predicted molar refractivity (Wildman–Crippen MR) is 104 cm³/mol. The van der Waals surface area contributed by atoms with Gasteiger partial charge in [0, 0.05) is 12.2 Å². The first-order chi connectivity index (χ1) is 13.8. The predicted octanol–water partition coefficient (Wildman–Crippen LogP) is 2.12. The van der Waals surface area contributed by atoms with Gasteiger partial charge in [-0.2, -0.15) is 0 Å². The Morgan fingerprint density at radius 1 is 1.25 bits per heavy atom. The van der Waals surface area contributed by atoms with Crippen molar-refractivity contribution in [2.24, 2.45) is 0 Å². The van der Waals surface area contributed by atoms with Crippen LogP contribution >= 0.6 is 11.8 Å². The summed E-state index contributed by atoms with van der Waals surface area (Å²) in [5.74, 6) is 1.17. The van der Waals surface area contributed by atoms with Gasteiger partial charge in [-0.05, 0) is 43.5 Å². The number of rotatable bonds is 6. The van der Waals surface area contributed by atoms with Crippen LogP contribution in [-0.2, 0) is 14.3 Å². The van der Waals surface area contributed by atoms with E-state index in [4.69, 9.17) is 14.2 Å². The van der Waals surface area contributed by atoms with Gasteiger partial charge in [-0.3, -0.25) is 9.36 Å². The van der Waals surface area contributed by atoms with Gasteiger partial charge in [0.15, 0.2) is 11.4 Å². The minimum Gasteiger partial charge on any atom is -0.497 e. The Labute approximate surface area is 168 Å². The van der Waals surface area contributed by atoms with Crippen LogP contribution in [0.1, 0.15) is 19.3 Å². The maximum absolute atomic E-state index is 12.9. The Kier molecular flexibility index (Phi) is 6.13. The molecule has 150 valence electrons. The third-order valence-electron chi connectivity index (χ3n) is 5.02. The third kappa shape index (κ3) is 4.16. The van der Waals surface area contributed by atoms with Crippen molar-refractivity contribution in [3.63, 3.8) is 0 Å². The number of piperidine rings is 1. The fourth-order valence-corrected chi connectivity index (χ4v) is 4.42. The highest BCUT2D eigenvalue weighted by Gasteiger charge is 2.36. The molecule has 1 atom stereocenters. The molecule has 3 heterocycles. The van der Waals surface area contributed by atoms with Crippen molar-refractivity contribution in [1.82, 2.24) is 19.7 Å². The molecule has 8 nitrogen and oxygen atoms in total. The number of amides is 1. The molecule has 2 fully saturated rings. The van der Waals surface area contributed by atoms with Crippen molar-refractivity contribution in [1.29, 1.82) is 0 Å². The minimum atomic E-state index is -0.294. The van der Waals surface area contributed by atoms with Crippen LogP contribution in [0.2, 0.25) is 0 Å². The summed E-state index contributed by atoms with van der Waals surface area (Å²) in [6.45, 7) is 1.95. The van der Waals surface area contributed by atoms with Gasteiger partial charge in [-0.25, -0.2) is 0 Å². The van der Waals surface area contributed by atoms with Gasteiger partial charge < -0.3 is 19.1 Å². The lowest BCUT2D eigenvalue weighted by Crippen LogP contribution is -2.50. The Morgan fingerprint density at radius 2 is 2.04 bits per heavy atom. The summed E-state index contributed by atoms with van der Waals surface area (Å²) >= 11 is 1.39. The van der Waals surface area contributed by atoms with Crippen LogP contribution in [0.25, 0.3) is 5.69 Å². The monoisotopic (exact) mass is 404 g/mol. The smallest absolute Gasteiger partial charge is 0.233 e. The zero-order valence-electron chi connectivity index (χ0n) is 15.8. The summed E-state index contributed by atoms with van der Waals surface area (Å²) < 4.78 is 18.4. The van der Waals surface area contributed by atoms with Crippen LogP contribution in [0.4, 0.5) is 0 Å². The molecule has 2 aliphatic heterocycles. The number of hydrogen-bond acceptors (Lipinski definition) is 7. The minimum absolute atomic E-state index is 0.00353. The first-order valence-electron chi connectivity index (χ1n) is 9.46. The number of methoxy groups -OCH3 is 1. The summed E-state index contributed by atoms with van der Waals surface area (Å²) in [5, 5.41) is 8.86. The maximum atomic E-state index is 12.9. The van der Waals surface area contributed by atoms with Gasteiger partial charge in [0.25, 0.3) is 0 Å². The van der Waals surface area contributed by atoms with Crippen molar-refractivity contribution in [2.45, 2.75) is 36.8 Å². The summed E-state index contributed by atoms with van der Waals surface area (Å²) in [7, 11) is 1.64. The maximum Gasteiger partial charge on any atom is 0.233 e. The summed E-state index contributed by atoms with van der Waals surface area (Å²) in [6, 6.07) is 7.64. The Hall–Kier alpha value is -2.10. The topological polar surface area (TPSA) is 78.7 Å². The number of benzene rings is 1. The zero-order chi connectivity index (χ0) is 19.3. The SMILES string of the molecule is COc1ccc(-n2cnnc2SCC(=O)N2CCCCC2C2OCCO2)cc1. The van der Waals surface area contributed by atoms with E-state index in [2.05, 4.69) is 10.2 Å². The van der Waals surface area contributed by atoms with E-state index in [1.54, 1.807) is 13.4 Å². The van der Waals surface area contributed by atoms with Gasteiger partial charge >= 0.3 is 0 Å². The van der Waals surface area contributed by atoms with Crippen LogP contribution in [0.3, 0.4) is 0 Å². The van der Waals surface area contributed by atoms with Crippen LogP contribution in [0.5, 0.6) is 5.75 Å². The normalized spacial score (nSPS) is 20.5. The number of aromatic nitrogens is 3. The fourth-order valence-electron chi connectivity index (χ4n) is 3.60. The van der Waals surface area contributed by atoms with Gasteiger partial charge in [0.05, 0.1) is 32.1 Å². The average molecular weight is 404 g/mol. The van der Waals surface area contributed by atoms with Crippen molar-refractivity contribution in [2.75, 3.05) is 32.6 Å². The van der Waals surface area contributed by atoms with E-state index in [1.807, 2.05) is 33.7 Å². The van der Waals surface area contributed by atoms with E-state index in [0.29, 0.717) is 24.1 Å². The molecule has 28 heavy (non-hydrogen) atoms. The van der Waals surface area contributed by atoms with E-state index < -0.39 is 0 Å². The molecule has 1 unspecified atom stereocenters. The molecule has 0 saturated carbocycles. The van der Waals surface area contributed by atoms with Crippen LogP contribution in [0, 0.1) is 0 Å². The van der Waals surface area contributed by atoms with Gasteiger partial charge in [-0.15, -0.1) is 10.2 Å². The summed E-state index contributed by atoms with van der Waals surface area (Å²) in [5.41, 5.74) is 0.921. The standard InChI is InChI=1S/C19H24N4O4S/c1-25-15-7-5-14(6-8-15)23-13-20-21-19(23)28-12-17(24)22-9-3-2-4-16(22)18-26-10-11-27-18/h5-8,13,16,18H,2-4,9-12H2,1H3. The highest BCUT2D eigenvalue weighted by molar-refractivity contribution is 7.99. The number of hydrogen-bond donors (Lipinski definition) is 0. The van der Waals surface area contributed by atoms with E-state index in [0.717, 1.165) is 37.2 Å². The van der Waals surface area contributed by atoms with Gasteiger partial charge in [0.2, 0.25) is 5.91 Å². The molecule has 0 radical (unpaired) electrons. The number of thioether (sulfide) groups is 1. The zero-order valence-corrected chi connectivity index (χ0v) is 16.6. The van der Waals surface area contributed by atoms with Crippen LogP contribution in [-0.4, -0.2) is 70.5 Å². The molecule has 0 N–H and O–H groups in total. The lowest BCUT2D eigenvalue weighted by Gasteiger charge is -2.37. The molecule has 0 bridgehead atoms. The van der Waals surface area contributed by atoms with Crippen LogP contribution in [0.15, 0.2) is 35.7 Å². The van der Waals surface area contributed by atoms with E-state index in [-0.39, 0.29) is 18.2 Å². The third-order valence-corrected chi connectivity index (χ3v) is 5.95. The number of carbonyl (C=O) groups excluding carboxylic acids is 1. The molecule has 2 aromatic rings. The molecule has 1 aromatic heterocycles. The second-order valence-corrected chi connectivity index (χ2v) is 7.67. The first-order valence-corrected chi connectivity index (χ1v) is 10.4.